The lowest BCUT2D eigenvalue weighted by Gasteiger charge is -2.09. The van der Waals surface area contributed by atoms with Crippen molar-refractivity contribution in [3.63, 3.8) is 0 Å². The molecule has 2 aromatic carbocycles. The second-order valence-electron chi connectivity index (χ2n) is 5.36. The third-order valence-corrected chi connectivity index (χ3v) is 4.78. The van der Waals surface area contributed by atoms with E-state index in [0.29, 0.717) is 0 Å². The predicted molar refractivity (Wildman–Crippen MR) is 95.6 cm³/mol. The largest absolute Gasteiger partial charge is 0.497 e. The van der Waals surface area contributed by atoms with E-state index in [9.17, 15) is 0 Å². The zero-order chi connectivity index (χ0) is 16.4. The Morgan fingerprint density at radius 1 is 0.913 bits per heavy atom. The number of aryl methyl sites for hydroxylation is 2. The first-order chi connectivity index (χ1) is 11.1. The Morgan fingerprint density at radius 3 is 2.30 bits per heavy atom. The highest BCUT2D eigenvalue weighted by atomic mass is 32.1. The van der Waals surface area contributed by atoms with Gasteiger partial charge in [0.2, 0.25) is 0 Å². The van der Waals surface area contributed by atoms with Crippen LogP contribution in [0.4, 0.5) is 0 Å². The molecular formula is C19H19NO2S. The van der Waals surface area contributed by atoms with Crippen molar-refractivity contribution in [3.05, 3.63) is 52.9 Å². The van der Waals surface area contributed by atoms with Crippen LogP contribution in [-0.4, -0.2) is 19.2 Å². The van der Waals surface area contributed by atoms with Crippen molar-refractivity contribution in [2.75, 3.05) is 14.2 Å². The van der Waals surface area contributed by atoms with Crippen LogP contribution >= 0.6 is 11.3 Å². The third-order valence-electron chi connectivity index (χ3n) is 3.76. The number of methoxy groups -OCH3 is 2. The molecule has 0 saturated heterocycles. The van der Waals surface area contributed by atoms with E-state index in [1.165, 1.54) is 10.4 Å². The normalized spacial score (nSPS) is 10.6. The number of rotatable bonds is 4. The average molecular weight is 325 g/mol. The molecule has 1 aromatic heterocycles. The van der Waals surface area contributed by atoms with Crippen LogP contribution in [0.2, 0.25) is 0 Å². The highest BCUT2D eigenvalue weighted by Crippen LogP contribution is 2.38. The predicted octanol–water partition coefficient (Wildman–Crippen LogP) is 5.11. The fourth-order valence-electron chi connectivity index (χ4n) is 2.46. The van der Waals surface area contributed by atoms with Gasteiger partial charge in [-0.1, -0.05) is 29.8 Å². The van der Waals surface area contributed by atoms with Gasteiger partial charge in [-0.25, -0.2) is 4.98 Å². The summed E-state index contributed by atoms with van der Waals surface area (Å²) in [5.41, 5.74) is 4.34. The maximum atomic E-state index is 5.51. The molecule has 3 rings (SSSR count). The number of thiazole rings is 1. The monoisotopic (exact) mass is 325 g/mol. The second-order valence-corrected chi connectivity index (χ2v) is 6.56. The zero-order valence-electron chi connectivity index (χ0n) is 13.7. The Kier molecular flexibility index (Phi) is 4.35. The highest BCUT2D eigenvalue weighted by molar-refractivity contribution is 7.15. The minimum absolute atomic E-state index is 0.771. The van der Waals surface area contributed by atoms with Crippen molar-refractivity contribution in [2.45, 2.75) is 13.8 Å². The lowest BCUT2D eigenvalue weighted by Crippen LogP contribution is -1.91. The summed E-state index contributed by atoms with van der Waals surface area (Å²) < 4.78 is 10.8. The van der Waals surface area contributed by atoms with E-state index in [2.05, 4.69) is 38.1 Å². The van der Waals surface area contributed by atoms with E-state index >= 15 is 0 Å². The summed E-state index contributed by atoms with van der Waals surface area (Å²) in [7, 11) is 3.32. The highest BCUT2D eigenvalue weighted by Gasteiger charge is 2.15. The summed E-state index contributed by atoms with van der Waals surface area (Å²) >= 11 is 1.70. The molecule has 0 atom stereocenters. The van der Waals surface area contributed by atoms with E-state index in [0.717, 1.165) is 33.3 Å². The van der Waals surface area contributed by atoms with Crippen molar-refractivity contribution in [1.82, 2.24) is 4.98 Å². The quantitative estimate of drug-likeness (QED) is 0.668. The van der Waals surface area contributed by atoms with Crippen LogP contribution in [0.3, 0.4) is 0 Å². The third kappa shape index (κ3) is 3.08. The maximum absolute atomic E-state index is 5.51. The van der Waals surface area contributed by atoms with Crippen LogP contribution in [0.5, 0.6) is 11.5 Å². The van der Waals surface area contributed by atoms with Crippen LogP contribution in [0.1, 0.15) is 10.4 Å². The molecule has 23 heavy (non-hydrogen) atoms. The van der Waals surface area contributed by atoms with Crippen molar-refractivity contribution < 1.29 is 9.47 Å². The number of ether oxygens (including phenoxy) is 2. The Hall–Kier alpha value is -2.33. The molecule has 0 unspecified atom stereocenters. The van der Waals surface area contributed by atoms with Gasteiger partial charge in [0.15, 0.2) is 0 Å². The molecule has 0 aliphatic heterocycles. The fraction of sp³-hybridized carbons (Fsp3) is 0.211. The smallest absolute Gasteiger partial charge is 0.131 e. The Bertz CT molecular complexity index is 822. The van der Waals surface area contributed by atoms with Crippen LogP contribution in [0.15, 0.2) is 42.5 Å². The van der Waals surface area contributed by atoms with Gasteiger partial charge in [0.05, 0.1) is 19.9 Å². The SMILES string of the molecule is COc1ccc(-c2nc(-c3ccc(C)cc3)sc2C)c(OC)c1. The number of nitrogens with zero attached hydrogens (tertiary/aromatic N) is 1. The maximum Gasteiger partial charge on any atom is 0.131 e. The fourth-order valence-corrected chi connectivity index (χ4v) is 3.39. The molecule has 0 radical (unpaired) electrons. The first-order valence-corrected chi connectivity index (χ1v) is 8.21. The summed E-state index contributed by atoms with van der Waals surface area (Å²) in [6.07, 6.45) is 0. The van der Waals surface area contributed by atoms with E-state index in [1.807, 2.05) is 18.2 Å². The lowest BCUT2D eigenvalue weighted by molar-refractivity contribution is 0.395. The van der Waals surface area contributed by atoms with E-state index in [-0.39, 0.29) is 0 Å². The lowest BCUT2D eigenvalue weighted by atomic mass is 10.1. The molecule has 0 amide bonds. The summed E-state index contributed by atoms with van der Waals surface area (Å²) in [5, 5.41) is 1.02. The molecule has 0 spiro atoms. The van der Waals surface area contributed by atoms with Gasteiger partial charge in [-0.05, 0) is 26.0 Å². The molecule has 3 aromatic rings. The van der Waals surface area contributed by atoms with E-state index in [4.69, 9.17) is 14.5 Å². The van der Waals surface area contributed by atoms with Gasteiger partial charge in [0.25, 0.3) is 0 Å². The minimum atomic E-state index is 0.771. The molecule has 3 nitrogen and oxygen atoms in total. The summed E-state index contributed by atoms with van der Waals surface area (Å²) in [6, 6.07) is 14.3. The molecule has 0 saturated carbocycles. The van der Waals surface area contributed by atoms with Crippen molar-refractivity contribution in [3.8, 4) is 33.3 Å². The average Bonchev–Trinajstić information content (AvgIpc) is 2.96. The van der Waals surface area contributed by atoms with E-state index < -0.39 is 0 Å². The molecule has 4 heteroatoms. The van der Waals surface area contributed by atoms with Gasteiger partial charge in [-0.3, -0.25) is 0 Å². The number of benzene rings is 2. The Labute approximate surface area is 140 Å². The molecule has 0 aliphatic rings. The summed E-state index contributed by atoms with van der Waals surface area (Å²) in [4.78, 5) is 6.01. The zero-order valence-corrected chi connectivity index (χ0v) is 14.5. The van der Waals surface area contributed by atoms with Gasteiger partial charge in [-0.2, -0.15) is 0 Å². The minimum Gasteiger partial charge on any atom is -0.497 e. The molecule has 0 N–H and O–H groups in total. The van der Waals surface area contributed by atoms with Crippen molar-refractivity contribution in [1.29, 1.82) is 0 Å². The standard InChI is InChI=1S/C19H19NO2S/c1-12-5-7-14(8-6-12)19-20-18(13(2)23-19)16-10-9-15(21-3)11-17(16)22-4/h5-11H,1-4H3. The Balaban J connectivity index is 2.06. The number of aromatic nitrogens is 1. The summed E-state index contributed by atoms with van der Waals surface area (Å²) in [6.45, 7) is 4.18. The summed E-state index contributed by atoms with van der Waals surface area (Å²) in [5.74, 6) is 1.55. The van der Waals surface area contributed by atoms with Crippen molar-refractivity contribution >= 4 is 11.3 Å². The van der Waals surface area contributed by atoms with Crippen LogP contribution in [-0.2, 0) is 0 Å². The van der Waals surface area contributed by atoms with Crippen molar-refractivity contribution in [2.24, 2.45) is 0 Å². The van der Waals surface area contributed by atoms with Gasteiger partial charge in [-0.15, -0.1) is 11.3 Å². The molecule has 0 bridgehead atoms. The molecule has 0 aliphatic carbocycles. The first-order valence-electron chi connectivity index (χ1n) is 7.39. The first kappa shape index (κ1) is 15.6. The van der Waals surface area contributed by atoms with Gasteiger partial charge >= 0.3 is 0 Å². The number of hydrogen-bond acceptors (Lipinski definition) is 4. The van der Waals surface area contributed by atoms with Crippen LogP contribution < -0.4 is 9.47 Å². The van der Waals surface area contributed by atoms with Crippen LogP contribution in [0, 0.1) is 13.8 Å². The van der Waals surface area contributed by atoms with Gasteiger partial charge < -0.3 is 9.47 Å². The number of hydrogen-bond donors (Lipinski definition) is 0. The van der Waals surface area contributed by atoms with Gasteiger partial charge in [0.1, 0.15) is 16.5 Å². The second kappa shape index (κ2) is 6.42. The molecule has 0 fully saturated rings. The topological polar surface area (TPSA) is 31.4 Å². The molecule has 118 valence electrons. The van der Waals surface area contributed by atoms with Gasteiger partial charge in [0, 0.05) is 22.1 Å². The molecule has 1 heterocycles. The Morgan fingerprint density at radius 2 is 1.65 bits per heavy atom. The molecular weight excluding hydrogens is 306 g/mol. The van der Waals surface area contributed by atoms with Crippen LogP contribution in [0.25, 0.3) is 21.8 Å². The van der Waals surface area contributed by atoms with E-state index in [1.54, 1.807) is 25.6 Å².